The lowest BCUT2D eigenvalue weighted by atomic mass is 10.0. The summed E-state index contributed by atoms with van der Waals surface area (Å²) in [6.45, 7) is 4.54. The minimum absolute atomic E-state index is 0.166. The molecule has 4 rings (SSSR count). The van der Waals surface area contributed by atoms with Crippen molar-refractivity contribution >= 4 is 0 Å². The molecule has 0 fully saturated rings. The fourth-order valence-corrected chi connectivity index (χ4v) is 3.02. The van der Waals surface area contributed by atoms with Crippen molar-refractivity contribution in [1.29, 1.82) is 0 Å². The van der Waals surface area contributed by atoms with Gasteiger partial charge in [-0.25, -0.2) is 0 Å². The number of fused-ring (bicyclic) bond motifs is 2. The molecule has 1 aromatic heterocycles. The van der Waals surface area contributed by atoms with Crippen molar-refractivity contribution in [1.82, 2.24) is 9.97 Å². The highest BCUT2D eigenvalue weighted by molar-refractivity contribution is 5.58. The van der Waals surface area contributed by atoms with Crippen molar-refractivity contribution in [3.63, 3.8) is 0 Å². The monoisotopic (exact) mass is 334 g/mol. The van der Waals surface area contributed by atoms with Crippen molar-refractivity contribution in [2.75, 3.05) is 6.61 Å². The van der Waals surface area contributed by atoms with Gasteiger partial charge in [0.25, 0.3) is 5.56 Å². The van der Waals surface area contributed by atoms with Crippen LogP contribution in [0.4, 0.5) is 0 Å². The van der Waals surface area contributed by atoms with Crippen LogP contribution in [0.1, 0.15) is 23.6 Å². The number of H-pyrrole nitrogens is 1. The van der Waals surface area contributed by atoms with Crippen molar-refractivity contribution in [3.05, 3.63) is 69.5 Å². The summed E-state index contributed by atoms with van der Waals surface area (Å²) in [4.78, 5) is 19.9. The maximum absolute atomic E-state index is 12.5. The van der Waals surface area contributed by atoms with E-state index in [-0.39, 0.29) is 5.56 Å². The molecule has 0 unspecified atom stereocenters. The normalized spacial score (nSPS) is 12.1. The van der Waals surface area contributed by atoms with Gasteiger partial charge in [-0.2, -0.15) is 4.98 Å². The van der Waals surface area contributed by atoms with Gasteiger partial charge in [0.15, 0.2) is 0 Å². The average Bonchev–Trinajstić information content (AvgIpc) is 2.62. The number of aryl methyl sites for hydroxylation is 1. The van der Waals surface area contributed by atoms with Gasteiger partial charge in [-0.3, -0.25) is 4.79 Å². The number of para-hydroxylation sites is 1. The fraction of sp³-hybridized carbons (Fsp3) is 0.200. The van der Waals surface area contributed by atoms with Gasteiger partial charge in [-0.05, 0) is 49.2 Å². The van der Waals surface area contributed by atoms with Crippen LogP contribution >= 0.6 is 0 Å². The molecule has 1 aliphatic heterocycles. The number of ether oxygens (including phenoxy) is 2. The van der Waals surface area contributed by atoms with Gasteiger partial charge >= 0.3 is 0 Å². The minimum atomic E-state index is -0.166. The summed E-state index contributed by atoms with van der Waals surface area (Å²) in [7, 11) is 0. The van der Waals surface area contributed by atoms with Crippen LogP contribution in [0.2, 0.25) is 0 Å². The highest BCUT2D eigenvalue weighted by Gasteiger charge is 2.23. The third-order valence-electron chi connectivity index (χ3n) is 4.28. The van der Waals surface area contributed by atoms with E-state index in [2.05, 4.69) is 9.97 Å². The van der Waals surface area contributed by atoms with Crippen LogP contribution in [0.15, 0.2) is 47.3 Å². The Kier molecular flexibility index (Phi) is 3.76. The summed E-state index contributed by atoms with van der Waals surface area (Å²) >= 11 is 0. The number of nitrogens with zero attached hydrogens (tertiary/aromatic N) is 1. The molecular formula is C20H18N2O3. The molecule has 25 heavy (non-hydrogen) atoms. The van der Waals surface area contributed by atoms with E-state index in [1.807, 2.05) is 56.3 Å². The van der Waals surface area contributed by atoms with Crippen molar-refractivity contribution < 1.29 is 9.47 Å². The summed E-state index contributed by atoms with van der Waals surface area (Å²) in [6.07, 6.45) is 0.526. The Labute approximate surface area is 145 Å². The van der Waals surface area contributed by atoms with Crippen LogP contribution in [0.25, 0.3) is 11.4 Å². The zero-order valence-corrected chi connectivity index (χ0v) is 14.1. The lowest BCUT2D eigenvalue weighted by molar-refractivity contribution is 0.340. The molecule has 0 amide bonds. The molecule has 1 aliphatic rings. The Bertz CT molecular complexity index is 991. The average molecular weight is 334 g/mol. The predicted molar refractivity (Wildman–Crippen MR) is 95.5 cm³/mol. The number of aromatic amines is 1. The molecule has 0 atom stereocenters. The van der Waals surface area contributed by atoms with Crippen molar-refractivity contribution in [2.24, 2.45) is 0 Å². The molecule has 5 heteroatoms. The Balaban J connectivity index is 1.74. The van der Waals surface area contributed by atoms with E-state index < -0.39 is 0 Å². The second-order valence-corrected chi connectivity index (χ2v) is 6.00. The number of nitrogens with one attached hydrogen (secondary N) is 1. The summed E-state index contributed by atoms with van der Waals surface area (Å²) in [5.41, 5.74) is 3.25. The minimum Gasteiger partial charge on any atom is -0.494 e. The van der Waals surface area contributed by atoms with E-state index in [1.54, 1.807) is 0 Å². The molecule has 126 valence electrons. The Morgan fingerprint density at radius 3 is 2.76 bits per heavy atom. The quantitative estimate of drug-likeness (QED) is 0.618. The summed E-state index contributed by atoms with van der Waals surface area (Å²) in [5.74, 6) is 2.45. The SMILES string of the molecule is CCOc1ccc(-c2nc3c(c(=O)[nH]2)Cc2cccc(C)c2O3)cc1. The van der Waals surface area contributed by atoms with Gasteiger partial charge in [-0.15, -0.1) is 0 Å². The molecule has 2 heterocycles. The number of benzene rings is 2. The molecule has 2 aromatic carbocycles. The Hall–Kier alpha value is -3.08. The molecular weight excluding hydrogens is 316 g/mol. The van der Waals surface area contributed by atoms with E-state index >= 15 is 0 Å². The first-order valence-electron chi connectivity index (χ1n) is 8.28. The largest absolute Gasteiger partial charge is 0.494 e. The smallest absolute Gasteiger partial charge is 0.258 e. The van der Waals surface area contributed by atoms with Gasteiger partial charge in [0.2, 0.25) is 5.88 Å². The topological polar surface area (TPSA) is 64.2 Å². The zero-order chi connectivity index (χ0) is 17.4. The second kappa shape index (κ2) is 6.09. The standard InChI is InChI=1S/C20H18N2O3/c1-3-24-15-9-7-13(8-10-15)18-21-19(23)16-11-14-6-4-5-12(2)17(14)25-20(16)22-18/h4-10H,3,11H2,1-2H3,(H,21,22,23). The van der Waals surface area contributed by atoms with Crippen LogP contribution in [-0.4, -0.2) is 16.6 Å². The van der Waals surface area contributed by atoms with Crippen molar-refractivity contribution in [2.45, 2.75) is 20.3 Å². The van der Waals surface area contributed by atoms with Crippen LogP contribution in [0.3, 0.4) is 0 Å². The van der Waals surface area contributed by atoms with E-state index in [1.165, 1.54) is 0 Å². The second-order valence-electron chi connectivity index (χ2n) is 6.00. The van der Waals surface area contributed by atoms with E-state index in [9.17, 15) is 4.79 Å². The zero-order valence-electron chi connectivity index (χ0n) is 14.1. The van der Waals surface area contributed by atoms with Crippen LogP contribution in [0.5, 0.6) is 17.4 Å². The first-order valence-corrected chi connectivity index (χ1v) is 8.28. The highest BCUT2D eigenvalue weighted by atomic mass is 16.5. The highest BCUT2D eigenvalue weighted by Crippen LogP contribution is 2.36. The van der Waals surface area contributed by atoms with Gasteiger partial charge in [0.1, 0.15) is 17.3 Å². The first kappa shape index (κ1) is 15.4. The molecule has 0 spiro atoms. The first-order chi connectivity index (χ1) is 12.2. The number of aromatic nitrogens is 2. The predicted octanol–water partition coefficient (Wildman–Crippen LogP) is 3.84. The van der Waals surface area contributed by atoms with Crippen molar-refractivity contribution in [3.8, 4) is 28.8 Å². The fourth-order valence-electron chi connectivity index (χ4n) is 3.02. The lowest BCUT2D eigenvalue weighted by Crippen LogP contribution is -2.20. The molecule has 0 bridgehead atoms. The third-order valence-corrected chi connectivity index (χ3v) is 4.28. The summed E-state index contributed by atoms with van der Waals surface area (Å²) in [6, 6.07) is 13.4. The van der Waals surface area contributed by atoms with Gasteiger partial charge < -0.3 is 14.5 Å². The van der Waals surface area contributed by atoms with E-state index in [0.29, 0.717) is 30.3 Å². The van der Waals surface area contributed by atoms with Gasteiger partial charge in [0.05, 0.1) is 12.2 Å². The maximum atomic E-state index is 12.5. The van der Waals surface area contributed by atoms with E-state index in [0.717, 1.165) is 28.2 Å². The number of hydrogen-bond acceptors (Lipinski definition) is 4. The molecule has 3 aromatic rings. The van der Waals surface area contributed by atoms with Crippen LogP contribution in [-0.2, 0) is 6.42 Å². The molecule has 5 nitrogen and oxygen atoms in total. The molecule has 0 aliphatic carbocycles. The van der Waals surface area contributed by atoms with Crippen LogP contribution < -0.4 is 15.0 Å². The van der Waals surface area contributed by atoms with Gasteiger partial charge in [-0.1, -0.05) is 18.2 Å². The molecule has 0 radical (unpaired) electrons. The molecule has 0 saturated heterocycles. The van der Waals surface area contributed by atoms with Gasteiger partial charge in [0, 0.05) is 12.0 Å². The Morgan fingerprint density at radius 1 is 1.20 bits per heavy atom. The maximum Gasteiger partial charge on any atom is 0.258 e. The number of rotatable bonds is 3. The third kappa shape index (κ3) is 2.78. The Morgan fingerprint density at radius 2 is 2.00 bits per heavy atom. The summed E-state index contributed by atoms with van der Waals surface area (Å²) in [5, 5.41) is 0. The van der Waals surface area contributed by atoms with E-state index in [4.69, 9.17) is 9.47 Å². The number of hydrogen-bond donors (Lipinski definition) is 1. The molecule has 1 N–H and O–H groups in total. The summed E-state index contributed by atoms with van der Waals surface area (Å²) < 4.78 is 11.4. The van der Waals surface area contributed by atoms with Crippen LogP contribution in [0, 0.1) is 6.92 Å². The lowest BCUT2D eigenvalue weighted by Gasteiger charge is -2.20. The molecule has 0 saturated carbocycles.